The fourth-order valence-corrected chi connectivity index (χ4v) is 3.55. The zero-order valence-electron chi connectivity index (χ0n) is 16.1. The number of piperazine rings is 1. The van der Waals surface area contributed by atoms with E-state index >= 15 is 0 Å². The lowest BCUT2D eigenvalue weighted by molar-refractivity contribution is 0.0393. The van der Waals surface area contributed by atoms with Gasteiger partial charge in [-0.25, -0.2) is 0 Å². The first-order chi connectivity index (χ1) is 11.8. The Morgan fingerprint density at radius 3 is 1.67 bits per heavy atom. The maximum atomic E-state index is 9.49. The van der Waals surface area contributed by atoms with E-state index in [1.165, 1.54) is 77.2 Å². The number of nitrogens with zero attached hydrogens (tertiary/aromatic N) is 2. The van der Waals surface area contributed by atoms with E-state index in [9.17, 15) is 5.11 Å². The molecular weight excluding hydrogens is 300 g/mol. The smallest absolute Gasteiger partial charge is 0.0897 e. The zero-order valence-corrected chi connectivity index (χ0v) is 16.1. The Morgan fingerprint density at radius 2 is 1.17 bits per heavy atom. The number of hydrogen-bond acceptors (Lipinski definition) is 4. The molecule has 144 valence electrons. The molecule has 4 heteroatoms. The minimum absolute atomic E-state index is 0.126. The molecule has 1 aliphatic heterocycles. The first-order valence-electron chi connectivity index (χ1n) is 10.5. The highest BCUT2D eigenvalue weighted by atomic mass is 16.3. The van der Waals surface area contributed by atoms with Gasteiger partial charge in [0.2, 0.25) is 0 Å². The number of unbranched alkanes of at least 4 members (excludes halogenated alkanes) is 10. The van der Waals surface area contributed by atoms with Crippen LogP contribution in [0.15, 0.2) is 0 Å². The van der Waals surface area contributed by atoms with E-state index in [1.807, 2.05) is 0 Å². The van der Waals surface area contributed by atoms with E-state index in [4.69, 9.17) is 5.11 Å². The van der Waals surface area contributed by atoms with Gasteiger partial charge in [-0.15, -0.1) is 0 Å². The van der Waals surface area contributed by atoms with Gasteiger partial charge in [-0.2, -0.15) is 0 Å². The summed E-state index contributed by atoms with van der Waals surface area (Å²) >= 11 is 0. The lowest BCUT2D eigenvalue weighted by Gasteiger charge is -2.35. The van der Waals surface area contributed by atoms with E-state index in [0.717, 1.165) is 26.2 Å². The van der Waals surface area contributed by atoms with Crippen molar-refractivity contribution in [1.29, 1.82) is 0 Å². The second kappa shape index (κ2) is 15.1. The summed E-state index contributed by atoms with van der Waals surface area (Å²) in [6, 6.07) is 0. The number of aliphatic hydroxyl groups excluding tert-OH is 2. The third kappa shape index (κ3) is 11.4. The van der Waals surface area contributed by atoms with Crippen LogP contribution in [0.3, 0.4) is 0 Å². The van der Waals surface area contributed by atoms with Gasteiger partial charge in [-0.3, -0.25) is 4.90 Å². The molecule has 1 heterocycles. The quantitative estimate of drug-likeness (QED) is 0.448. The molecule has 0 aromatic carbocycles. The van der Waals surface area contributed by atoms with Gasteiger partial charge in [-0.1, -0.05) is 71.1 Å². The molecule has 0 amide bonds. The van der Waals surface area contributed by atoms with Crippen LogP contribution in [-0.4, -0.2) is 72.0 Å². The predicted molar refractivity (Wildman–Crippen MR) is 102 cm³/mol. The largest absolute Gasteiger partial charge is 0.394 e. The minimum Gasteiger partial charge on any atom is -0.394 e. The third-order valence-electron chi connectivity index (χ3n) is 5.22. The van der Waals surface area contributed by atoms with Gasteiger partial charge in [0.25, 0.3) is 0 Å². The summed E-state index contributed by atoms with van der Waals surface area (Å²) < 4.78 is 0. The molecule has 0 saturated carbocycles. The average molecular weight is 343 g/mol. The van der Waals surface area contributed by atoms with Crippen molar-refractivity contribution in [2.24, 2.45) is 0 Å². The molecule has 1 atom stereocenters. The van der Waals surface area contributed by atoms with Gasteiger partial charge < -0.3 is 15.1 Å². The molecule has 1 aliphatic rings. The first kappa shape index (κ1) is 21.9. The van der Waals surface area contributed by atoms with E-state index in [0.29, 0.717) is 6.54 Å². The predicted octanol–water partition coefficient (Wildman–Crippen LogP) is 3.27. The lowest BCUT2D eigenvalue weighted by atomic mass is 10.1. The fraction of sp³-hybridized carbons (Fsp3) is 1.00. The molecule has 4 nitrogen and oxygen atoms in total. The van der Waals surface area contributed by atoms with Crippen molar-refractivity contribution in [1.82, 2.24) is 9.80 Å². The summed E-state index contributed by atoms with van der Waals surface area (Å²) in [5, 5.41) is 18.4. The van der Waals surface area contributed by atoms with Crippen LogP contribution < -0.4 is 0 Å². The van der Waals surface area contributed by atoms with Crippen molar-refractivity contribution in [2.45, 2.75) is 83.7 Å². The molecule has 0 spiro atoms. The summed E-state index contributed by atoms with van der Waals surface area (Å²) in [5.41, 5.74) is 0. The summed E-state index contributed by atoms with van der Waals surface area (Å²) in [6.45, 7) is 8.26. The molecule has 0 aromatic rings. The third-order valence-corrected chi connectivity index (χ3v) is 5.22. The Morgan fingerprint density at radius 1 is 0.708 bits per heavy atom. The first-order valence-corrected chi connectivity index (χ1v) is 10.5. The standard InChI is InChI=1S/C20H42N2O2/c1-2-3-4-5-6-7-8-9-10-11-12-13-21-14-16-22(17-15-21)18-20(24)19-23/h20,23-24H,2-19H2,1H3. The lowest BCUT2D eigenvalue weighted by Crippen LogP contribution is -2.49. The van der Waals surface area contributed by atoms with E-state index in [1.54, 1.807) is 0 Å². The maximum Gasteiger partial charge on any atom is 0.0897 e. The molecule has 1 saturated heterocycles. The highest BCUT2D eigenvalue weighted by Crippen LogP contribution is 2.12. The van der Waals surface area contributed by atoms with Crippen molar-refractivity contribution in [2.75, 3.05) is 45.9 Å². The fourth-order valence-electron chi connectivity index (χ4n) is 3.55. The zero-order chi connectivity index (χ0) is 17.5. The van der Waals surface area contributed by atoms with Crippen LogP contribution >= 0.6 is 0 Å². The van der Waals surface area contributed by atoms with Crippen molar-refractivity contribution in [3.8, 4) is 0 Å². The van der Waals surface area contributed by atoms with Crippen LogP contribution in [0, 0.1) is 0 Å². The molecule has 1 rings (SSSR count). The van der Waals surface area contributed by atoms with Gasteiger partial charge in [0, 0.05) is 32.7 Å². The SMILES string of the molecule is CCCCCCCCCCCCCN1CCN(CC(O)CO)CC1. The van der Waals surface area contributed by atoms with Crippen LogP contribution in [0.5, 0.6) is 0 Å². The normalized spacial score (nSPS) is 18.1. The molecule has 0 radical (unpaired) electrons. The van der Waals surface area contributed by atoms with Crippen molar-refractivity contribution < 1.29 is 10.2 Å². The van der Waals surface area contributed by atoms with Gasteiger partial charge in [0.05, 0.1) is 12.7 Å². The summed E-state index contributed by atoms with van der Waals surface area (Å²) in [7, 11) is 0. The van der Waals surface area contributed by atoms with E-state index in [-0.39, 0.29) is 6.61 Å². The summed E-state index contributed by atoms with van der Waals surface area (Å²) in [4.78, 5) is 4.81. The number of aliphatic hydroxyl groups is 2. The summed E-state index contributed by atoms with van der Waals surface area (Å²) in [5.74, 6) is 0. The minimum atomic E-state index is -0.580. The number of β-amino-alcohol motifs (C(OH)–C–C–N with tert-alkyl or cyclic N) is 1. The van der Waals surface area contributed by atoms with E-state index in [2.05, 4.69) is 16.7 Å². The second-order valence-corrected chi connectivity index (χ2v) is 7.51. The van der Waals surface area contributed by atoms with Gasteiger partial charge >= 0.3 is 0 Å². The summed E-state index contributed by atoms with van der Waals surface area (Å²) in [6.07, 6.45) is 14.9. The topological polar surface area (TPSA) is 46.9 Å². The van der Waals surface area contributed by atoms with Crippen LogP contribution in [0.1, 0.15) is 77.6 Å². The average Bonchev–Trinajstić information content (AvgIpc) is 2.61. The van der Waals surface area contributed by atoms with Crippen molar-refractivity contribution in [3.05, 3.63) is 0 Å². The van der Waals surface area contributed by atoms with Crippen LogP contribution in [0.2, 0.25) is 0 Å². The Bertz CT molecular complexity index is 268. The molecule has 2 N–H and O–H groups in total. The van der Waals surface area contributed by atoms with Gasteiger partial charge in [0.15, 0.2) is 0 Å². The molecular formula is C20H42N2O2. The van der Waals surface area contributed by atoms with Crippen molar-refractivity contribution >= 4 is 0 Å². The Labute approximate surface area is 150 Å². The molecule has 1 fully saturated rings. The molecule has 0 aromatic heterocycles. The monoisotopic (exact) mass is 342 g/mol. The van der Waals surface area contributed by atoms with E-state index < -0.39 is 6.10 Å². The second-order valence-electron chi connectivity index (χ2n) is 7.51. The Hall–Kier alpha value is -0.160. The van der Waals surface area contributed by atoms with Crippen LogP contribution in [-0.2, 0) is 0 Å². The number of hydrogen-bond donors (Lipinski definition) is 2. The molecule has 24 heavy (non-hydrogen) atoms. The Kier molecular flexibility index (Phi) is 13.8. The maximum absolute atomic E-state index is 9.49. The Balaban J connectivity index is 1.84. The van der Waals surface area contributed by atoms with Crippen LogP contribution in [0.25, 0.3) is 0 Å². The van der Waals surface area contributed by atoms with Crippen LogP contribution in [0.4, 0.5) is 0 Å². The molecule has 0 aliphatic carbocycles. The molecule has 1 unspecified atom stereocenters. The van der Waals surface area contributed by atoms with Gasteiger partial charge in [-0.05, 0) is 13.0 Å². The molecule has 0 bridgehead atoms. The highest BCUT2D eigenvalue weighted by molar-refractivity contribution is 4.73. The van der Waals surface area contributed by atoms with Crippen molar-refractivity contribution in [3.63, 3.8) is 0 Å². The highest BCUT2D eigenvalue weighted by Gasteiger charge is 2.18. The van der Waals surface area contributed by atoms with Gasteiger partial charge in [0.1, 0.15) is 0 Å². The number of rotatable bonds is 15.